The van der Waals surface area contributed by atoms with Crippen LogP contribution < -0.4 is 0 Å². The maximum Gasteiger partial charge on any atom is 0.337 e. The third-order valence-corrected chi connectivity index (χ3v) is 2.47. The molecular weight excluding hydrogens is 248 g/mol. The topological polar surface area (TPSA) is 46.5 Å². The first kappa shape index (κ1) is 11.2. The monoisotopic (exact) mass is 258 g/mol. The normalized spacial score (nSPS) is 12.4. The zero-order valence-corrected chi connectivity index (χ0v) is 9.32. The maximum atomic E-state index is 10.9. The Hall–Kier alpha value is -0.870. The average Bonchev–Trinajstić information content (AvgIpc) is 2.15. The van der Waals surface area contributed by atoms with E-state index < -0.39 is 12.1 Å². The molecule has 0 saturated heterocycles. The second-order valence-electron chi connectivity index (χ2n) is 2.70. The Labute approximate surface area is 90.8 Å². The van der Waals surface area contributed by atoms with Crippen molar-refractivity contribution < 1.29 is 14.6 Å². The van der Waals surface area contributed by atoms with Crippen LogP contribution in [0, 0.1) is 0 Å². The fourth-order valence-corrected chi connectivity index (χ4v) is 1.64. The molecule has 0 amide bonds. The number of carboxylic acids is 1. The van der Waals surface area contributed by atoms with Gasteiger partial charge in [0.1, 0.15) is 0 Å². The lowest BCUT2D eigenvalue weighted by Gasteiger charge is -2.13. The van der Waals surface area contributed by atoms with E-state index in [0.717, 1.165) is 4.47 Å². The summed E-state index contributed by atoms with van der Waals surface area (Å²) in [6, 6.07) is 7.15. The zero-order valence-electron chi connectivity index (χ0n) is 7.74. The summed E-state index contributed by atoms with van der Waals surface area (Å²) in [5.41, 5.74) is 0.641. The van der Waals surface area contributed by atoms with Crippen LogP contribution >= 0.6 is 15.9 Å². The molecule has 0 aliphatic rings. The van der Waals surface area contributed by atoms with Gasteiger partial charge in [-0.05, 0) is 13.0 Å². The number of carboxylic acid groups (broad SMARTS) is 1. The minimum atomic E-state index is -0.973. The molecule has 0 heterocycles. The van der Waals surface area contributed by atoms with Gasteiger partial charge in [-0.15, -0.1) is 0 Å². The molecule has 3 nitrogen and oxygen atoms in total. The molecule has 0 radical (unpaired) electrons. The van der Waals surface area contributed by atoms with Crippen LogP contribution in [0.15, 0.2) is 28.7 Å². The Morgan fingerprint density at radius 1 is 1.57 bits per heavy atom. The molecule has 76 valence electrons. The third-order valence-electron chi connectivity index (χ3n) is 1.75. The van der Waals surface area contributed by atoms with Crippen molar-refractivity contribution in [2.24, 2.45) is 0 Å². The van der Waals surface area contributed by atoms with Crippen molar-refractivity contribution in [2.45, 2.75) is 13.0 Å². The minimum absolute atomic E-state index is 0.373. The number of carbonyl (C=O) groups is 1. The van der Waals surface area contributed by atoms with Crippen molar-refractivity contribution in [1.82, 2.24) is 0 Å². The van der Waals surface area contributed by atoms with Crippen LogP contribution in [-0.2, 0) is 9.53 Å². The Morgan fingerprint density at radius 2 is 2.21 bits per heavy atom. The summed E-state index contributed by atoms with van der Waals surface area (Å²) < 4.78 is 5.89. The second-order valence-corrected chi connectivity index (χ2v) is 3.55. The van der Waals surface area contributed by atoms with Crippen molar-refractivity contribution in [1.29, 1.82) is 0 Å². The highest BCUT2D eigenvalue weighted by Gasteiger charge is 2.21. The van der Waals surface area contributed by atoms with E-state index in [9.17, 15) is 4.79 Å². The molecule has 1 N–H and O–H groups in total. The molecule has 4 heteroatoms. The lowest BCUT2D eigenvalue weighted by atomic mass is 10.1. The van der Waals surface area contributed by atoms with Crippen LogP contribution in [0.4, 0.5) is 0 Å². The molecule has 0 aromatic heterocycles. The summed E-state index contributed by atoms with van der Waals surface area (Å²) in [5.74, 6) is -0.973. The summed E-state index contributed by atoms with van der Waals surface area (Å²) in [7, 11) is 0. The highest BCUT2D eigenvalue weighted by molar-refractivity contribution is 9.10. The Kier molecular flexibility index (Phi) is 4.10. The van der Waals surface area contributed by atoms with Gasteiger partial charge in [-0.2, -0.15) is 0 Å². The molecule has 0 fully saturated rings. The Bertz CT molecular complexity index is 325. The molecule has 1 aromatic rings. The van der Waals surface area contributed by atoms with Crippen LogP contribution in [0.1, 0.15) is 18.6 Å². The standard InChI is InChI=1S/C10H11BrO3/c1-2-14-9(10(12)13)7-5-3-4-6-8(7)11/h3-6,9H,2H2,1H3,(H,12,13). The SMILES string of the molecule is CCOC(C(=O)O)c1ccccc1Br. The van der Waals surface area contributed by atoms with Gasteiger partial charge in [0.2, 0.25) is 0 Å². The summed E-state index contributed by atoms with van der Waals surface area (Å²) in [5, 5.41) is 8.94. The largest absolute Gasteiger partial charge is 0.479 e. The van der Waals surface area contributed by atoms with Gasteiger partial charge in [-0.25, -0.2) is 4.79 Å². The number of benzene rings is 1. The van der Waals surface area contributed by atoms with Crippen LogP contribution in [0.25, 0.3) is 0 Å². The summed E-state index contributed by atoms with van der Waals surface area (Å²) in [6.07, 6.45) is -0.893. The van der Waals surface area contributed by atoms with Gasteiger partial charge in [-0.1, -0.05) is 34.1 Å². The van der Waals surface area contributed by atoms with E-state index in [1.807, 2.05) is 6.07 Å². The fourth-order valence-electron chi connectivity index (χ4n) is 1.15. The molecule has 0 spiro atoms. The molecule has 0 saturated carbocycles. The van der Waals surface area contributed by atoms with E-state index in [4.69, 9.17) is 9.84 Å². The molecule has 1 unspecified atom stereocenters. The molecule has 0 bridgehead atoms. The Morgan fingerprint density at radius 3 is 2.71 bits per heavy atom. The van der Waals surface area contributed by atoms with Crippen molar-refractivity contribution in [3.8, 4) is 0 Å². The fraction of sp³-hybridized carbons (Fsp3) is 0.300. The number of hydrogen-bond donors (Lipinski definition) is 1. The molecule has 14 heavy (non-hydrogen) atoms. The average molecular weight is 259 g/mol. The highest BCUT2D eigenvalue weighted by Crippen LogP contribution is 2.25. The van der Waals surface area contributed by atoms with Crippen LogP contribution in [-0.4, -0.2) is 17.7 Å². The molecule has 1 atom stereocenters. The minimum Gasteiger partial charge on any atom is -0.479 e. The van der Waals surface area contributed by atoms with Gasteiger partial charge in [0.15, 0.2) is 6.10 Å². The summed E-state index contributed by atoms with van der Waals surface area (Å²) in [6.45, 7) is 2.14. The smallest absolute Gasteiger partial charge is 0.337 e. The lowest BCUT2D eigenvalue weighted by molar-refractivity contribution is -0.150. The zero-order chi connectivity index (χ0) is 10.6. The van der Waals surface area contributed by atoms with Gasteiger partial charge in [0, 0.05) is 16.6 Å². The van der Waals surface area contributed by atoms with Crippen LogP contribution in [0.3, 0.4) is 0 Å². The van der Waals surface area contributed by atoms with E-state index in [1.54, 1.807) is 25.1 Å². The summed E-state index contributed by atoms with van der Waals surface area (Å²) in [4.78, 5) is 10.9. The number of hydrogen-bond acceptors (Lipinski definition) is 2. The summed E-state index contributed by atoms with van der Waals surface area (Å²) >= 11 is 3.29. The first-order valence-corrected chi connectivity index (χ1v) is 5.05. The predicted octanol–water partition coefficient (Wildman–Crippen LogP) is 2.61. The predicted molar refractivity (Wildman–Crippen MR) is 56.1 cm³/mol. The van der Waals surface area contributed by atoms with Gasteiger partial charge in [0.05, 0.1) is 0 Å². The number of aliphatic carboxylic acids is 1. The maximum absolute atomic E-state index is 10.9. The molecule has 1 aromatic carbocycles. The third kappa shape index (κ3) is 2.56. The van der Waals surface area contributed by atoms with Gasteiger partial charge in [-0.3, -0.25) is 0 Å². The number of rotatable bonds is 4. The quantitative estimate of drug-likeness (QED) is 0.903. The lowest BCUT2D eigenvalue weighted by Crippen LogP contribution is -2.15. The van der Waals surface area contributed by atoms with Crippen molar-refractivity contribution in [3.05, 3.63) is 34.3 Å². The number of ether oxygens (including phenoxy) is 1. The van der Waals surface area contributed by atoms with Crippen molar-refractivity contribution >= 4 is 21.9 Å². The van der Waals surface area contributed by atoms with Crippen LogP contribution in [0.2, 0.25) is 0 Å². The second kappa shape index (κ2) is 5.12. The molecular formula is C10H11BrO3. The first-order chi connectivity index (χ1) is 6.66. The molecule has 0 aliphatic carbocycles. The Balaban J connectivity index is 2.99. The van der Waals surface area contributed by atoms with Crippen molar-refractivity contribution in [2.75, 3.05) is 6.61 Å². The van der Waals surface area contributed by atoms with Gasteiger partial charge in [0.25, 0.3) is 0 Å². The van der Waals surface area contributed by atoms with Crippen molar-refractivity contribution in [3.63, 3.8) is 0 Å². The van der Waals surface area contributed by atoms with E-state index in [0.29, 0.717) is 12.2 Å². The molecule has 1 rings (SSSR count). The van der Waals surface area contributed by atoms with Gasteiger partial charge >= 0.3 is 5.97 Å². The van der Waals surface area contributed by atoms with E-state index in [1.165, 1.54) is 0 Å². The van der Waals surface area contributed by atoms with Gasteiger partial charge < -0.3 is 9.84 Å². The van der Waals surface area contributed by atoms with E-state index >= 15 is 0 Å². The van der Waals surface area contributed by atoms with E-state index in [2.05, 4.69) is 15.9 Å². The van der Waals surface area contributed by atoms with Crippen LogP contribution in [0.5, 0.6) is 0 Å². The highest BCUT2D eigenvalue weighted by atomic mass is 79.9. The number of halogens is 1. The molecule has 0 aliphatic heterocycles. The van der Waals surface area contributed by atoms with E-state index in [-0.39, 0.29) is 0 Å². The first-order valence-electron chi connectivity index (χ1n) is 4.25.